The Labute approximate surface area is 164 Å². The number of carbonyl (C=O) groups is 1. The standard InChI is InChI=1S/C22H40N2O3/c1-3-4-5-15-6-11-20-19(12-15)18(16-7-9-17(25)10-8-16)13-21(23-20)24(2)14-22(26)27/h15-21,23,25H,3-14H2,1-2H3,(H,26,27). The van der Waals surface area contributed by atoms with E-state index < -0.39 is 5.97 Å². The molecular formula is C22H40N2O3. The summed E-state index contributed by atoms with van der Waals surface area (Å²) in [5.41, 5.74) is 0. The number of hydrogen-bond donors (Lipinski definition) is 3. The van der Waals surface area contributed by atoms with Crippen LogP contribution in [0.25, 0.3) is 0 Å². The second-order valence-corrected chi connectivity index (χ2v) is 9.55. The molecule has 0 aromatic rings. The van der Waals surface area contributed by atoms with E-state index in [9.17, 15) is 15.0 Å². The van der Waals surface area contributed by atoms with Crippen molar-refractivity contribution >= 4 is 5.97 Å². The van der Waals surface area contributed by atoms with Gasteiger partial charge in [0.2, 0.25) is 0 Å². The highest BCUT2D eigenvalue weighted by atomic mass is 16.4. The predicted octanol–water partition coefficient (Wildman–Crippen LogP) is 3.46. The molecule has 2 saturated carbocycles. The Bertz CT molecular complexity index is 478. The van der Waals surface area contributed by atoms with E-state index in [0.717, 1.165) is 43.9 Å². The maximum absolute atomic E-state index is 11.2. The van der Waals surface area contributed by atoms with Crippen LogP contribution in [-0.4, -0.2) is 53.0 Å². The Kier molecular flexibility index (Phi) is 7.57. The van der Waals surface area contributed by atoms with Crippen molar-refractivity contribution in [2.45, 2.75) is 95.9 Å². The first-order valence-electron chi connectivity index (χ1n) is 11.3. The van der Waals surface area contributed by atoms with E-state index >= 15 is 0 Å². The molecule has 5 unspecified atom stereocenters. The minimum Gasteiger partial charge on any atom is -0.480 e. The quantitative estimate of drug-likeness (QED) is 0.631. The lowest BCUT2D eigenvalue weighted by Gasteiger charge is -2.52. The Balaban J connectivity index is 1.70. The second kappa shape index (κ2) is 9.71. The van der Waals surface area contributed by atoms with E-state index in [4.69, 9.17) is 0 Å². The highest BCUT2D eigenvalue weighted by Crippen LogP contribution is 2.47. The van der Waals surface area contributed by atoms with E-state index in [1.54, 1.807) is 0 Å². The molecule has 3 rings (SSSR count). The fourth-order valence-electron chi connectivity index (χ4n) is 6.18. The maximum Gasteiger partial charge on any atom is 0.317 e. The highest BCUT2D eigenvalue weighted by Gasteiger charge is 2.45. The van der Waals surface area contributed by atoms with E-state index in [-0.39, 0.29) is 18.8 Å². The number of hydrogen-bond acceptors (Lipinski definition) is 4. The van der Waals surface area contributed by atoms with Crippen LogP contribution in [-0.2, 0) is 4.79 Å². The van der Waals surface area contributed by atoms with E-state index in [0.29, 0.717) is 17.9 Å². The molecule has 27 heavy (non-hydrogen) atoms. The normalized spacial score (nSPS) is 39.9. The zero-order valence-electron chi connectivity index (χ0n) is 17.3. The lowest BCUT2D eigenvalue weighted by molar-refractivity contribution is -0.139. The van der Waals surface area contributed by atoms with Gasteiger partial charge in [-0.15, -0.1) is 0 Å². The summed E-state index contributed by atoms with van der Waals surface area (Å²) < 4.78 is 0. The molecule has 5 nitrogen and oxygen atoms in total. The summed E-state index contributed by atoms with van der Waals surface area (Å²) >= 11 is 0. The third-order valence-corrected chi connectivity index (χ3v) is 7.69. The molecule has 0 spiro atoms. The van der Waals surface area contributed by atoms with Crippen LogP contribution in [0.1, 0.15) is 77.6 Å². The van der Waals surface area contributed by atoms with E-state index in [2.05, 4.69) is 12.2 Å². The third kappa shape index (κ3) is 5.45. The van der Waals surface area contributed by atoms with Crippen LogP contribution < -0.4 is 5.32 Å². The van der Waals surface area contributed by atoms with Gasteiger partial charge in [0.25, 0.3) is 0 Å². The number of aliphatic hydroxyl groups excluding tert-OH is 1. The topological polar surface area (TPSA) is 72.8 Å². The summed E-state index contributed by atoms with van der Waals surface area (Å²) in [6.45, 7) is 2.39. The molecule has 0 aromatic heterocycles. The second-order valence-electron chi connectivity index (χ2n) is 9.55. The summed E-state index contributed by atoms with van der Waals surface area (Å²) in [6.07, 6.45) is 13.2. The average molecular weight is 381 g/mol. The monoisotopic (exact) mass is 380 g/mol. The van der Waals surface area contributed by atoms with Gasteiger partial charge >= 0.3 is 5.97 Å². The van der Waals surface area contributed by atoms with Crippen molar-refractivity contribution < 1.29 is 15.0 Å². The zero-order valence-corrected chi connectivity index (χ0v) is 17.3. The predicted molar refractivity (Wildman–Crippen MR) is 107 cm³/mol. The van der Waals surface area contributed by atoms with Gasteiger partial charge in [0, 0.05) is 6.04 Å². The summed E-state index contributed by atoms with van der Waals surface area (Å²) in [6, 6.07) is 0.537. The Hall–Kier alpha value is -0.650. The highest BCUT2D eigenvalue weighted by molar-refractivity contribution is 5.69. The first-order valence-corrected chi connectivity index (χ1v) is 11.3. The van der Waals surface area contributed by atoms with Gasteiger partial charge in [-0.25, -0.2) is 0 Å². The molecule has 1 heterocycles. The van der Waals surface area contributed by atoms with Crippen molar-refractivity contribution in [2.24, 2.45) is 23.7 Å². The molecule has 2 aliphatic carbocycles. The number of carboxylic acid groups (broad SMARTS) is 1. The number of nitrogens with one attached hydrogen (secondary N) is 1. The third-order valence-electron chi connectivity index (χ3n) is 7.69. The maximum atomic E-state index is 11.2. The van der Waals surface area contributed by atoms with Gasteiger partial charge in [-0.2, -0.15) is 0 Å². The number of likely N-dealkylation sites (N-methyl/N-ethyl adjacent to an activating group) is 1. The van der Waals surface area contributed by atoms with Crippen LogP contribution >= 0.6 is 0 Å². The number of unbranched alkanes of at least 4 members (excludes halogenated alkanes) is 1. The lowest BCUT2D eigenvalue weighted by Crippen LogP contribution is -2.60. The van der Waals surface area contributed by atoms with Gasteiger partial charge in [-0.05, 0) is 82.1 Å². The van der Waals surface area contributed by atoms with Gasteiger partial charge in [-0.3, -0.25) is 15.0 Å². The molecule has 3 aliphatic rings. The molecule has 1 aliphatic heterocycles. The fraction of sp³-hybridized carbons (Fsp3) is 0.955. The summed E-state index contributed by atoms with van der Waals surface area (Å²) in [5.74, 6) is 2.23. The van der Waals surface area contributed by atoms with Crippen LogP contribution in [0.5, 0.6) is 0 Å². The Morgan fingerprint density at radius 1 is 1.07 bits per heavy atom. The minimum atomic E-state index is -0.748. The number of fused-ring (bicyclic) bond motifs is 1. The summed E-state index contributed by atoms with van der Waals surface area (Å²) in [5, 5.41) is 23.0. The Morgan fingerprint density at radius 3 is 2.48 bits per heavy atom. The summed E-state index contributed by atoms with van der Waals surface area (Å²) in [7, 11) is 1.95. The number of piperidine rings is 1. The number of rotatable bonds is 7. The van der Waals surface area contributed by atoms with Crippen molar-refractivity contribution in [1.29, 1.82) is 0 Å². The van der Waals surface area contributed by atoms with Crippen LogP contribution in [0.4, 0.5) is 0 Å². The smallest absolute Gasteiger partial charge is 0.317 e. The molecule has 5 heteroatoms. The molecule has 156 valence electrons. The largest absolute Gasteiger partial charge is 0.480 e. The fourth-order valence-corrected chi connectivity index (χ4v) is 6.18. The van der Waals surface area contributed by atoms with Gasteiger partial charge in [0.15, 0.2) is 0 Å². The van der Waals surface area contributed by atoms with Gasteiger partial charge < -0.3 is 10.2 Å². The van der Waals surface area contributed by atoms with Crippen LogP contribution in [0.3, 0.4) is 0 Å². The molecule has 0 aromatic carbocycles. The molecule has 3 N–H and O–H groups in total. The van der Waals surface area contributed by atoms with Crippen LogP contribution in [0, 0.1) is 23.7 Å². The van der Waals surface area contributed by atoms with Crippen molar-refractivity contribution in [3.8, 4) is 0 Å². The molecule has 5 atom stereocenters. The van der Waals surface area contributed by atoms with E-state index in [1.165, 1.54) is 38.5 Å². The molecule has 0 radical (unpaired) electrons. The number of aliphatic carboxylic acids is 1. The SMILES string of the molecule is CCCCC1CCC2NC(N(C)CC(=O)O)CC(C3CCC(O)CC3)C2C1. The first-order chi connectivity index (χ1) is 13.0. The van der Waals surface area contributed by atoms with Crippen molar-refractivity contribution in [3.63, 3.8) is 0 Å². The lowest BCUT2D eigenvalue weighted by atomic mass is 9.62. The minimum absolute atomic E-state index is 0.101. The number of nitrogens with zero attached hydrogens (tertiary/aromatic N) is 1. The molecule has 1 saturated heterocycles. The van der Waals surface area contributed by atoms with E-state index in [1.807, 2.05) is 11.9 Å². The van der Waals surface area contributed by atoms with Crippen LogP contribution in [0.2, 0.25) is 0 Å². The van der Waals surface area contributed by atoms with Gasteiger partial charge in [0.05, 0.1) is 18.8 Å². The number of carboxylic acids is 1. The molecule has 0 amide bonds. The van der Waals surface area contributed by atoms with Crippen molar-refractivity contribution in [2.75, 3.05) is 13.6 Å². The van der Waals surface area contributed by atoms with Crippen LogP contribution in [0.15, 0.2) is 0 Å². The molecule has 3 fully saturated rings. The average Bonchev–Trinajstić information content (AvgIpc) is 2.65. The van der Waals surface area contributed by atoms with Gasteiger partial charge in [0.1, 0.15) is 0 Å². The zero-order chi connectivity index (χ0) is 19.4. The van der Waals surface area contributed by atoms with Crippen molar-refractivity contribution in [1.82, 2.24) is 10.2 Å². The first kappa shape index (κ1) is 21.1. The van der Waals surface area contributed by atoms with Gasteiger partial charge in [-0.1, -0.05) is 26.2 Å². The summed E-state index contributed by atoms with van der Waals surface area (Å²) in [4.78, 5) is 13.2. The Morgan fingerprint density at radius 2 is 1.81 bits per heavy atom. The number of aliphatic hydroxyl groups is 1. The molecule has 0 bridgehead atoms. The molecular weight excluding hydrogens is 340 g/mol. The van der Waals surface area contributed by atoms with Crippen molar-refractivity contribution in [3.05, 3.63) is 0 Å².